The van der Waals surface area contributed by atoms with E-state index in [1.54, 1.807) is 14.2 Å². The Hall–Kier alpha value is -2.29. The molecule has 3 unspecified atom stereocenters. The SMILES string of the molecule is COc1ccc(C2C(=O)c3ccc(OC)cc3C3CCCC32)cc1. The van der Waals surface area contributed by atoms with Crippen LogP contribution >= 0.6 is 0 Å². The van der Waals surface area contributed by atoms with Gasteiger partial charge in [0, 0.05) is 5.56 Å². The molecule has 0 spiro atoms. The Balaban J connectivity index is 1.79. The van der Waals surface area contributed by atoms with Gasteiger partial charge in [0.1, 0.15) is 11.5 Å². The third-order valence-electron chi connectivity index (χ3n) is 5.68. The van der Waals surface area contributed by atoms with Gasteiger partial charge in [-0.05, 0) is 66.1 Å². The van der Waals surface area contributed by atoms with E-state index in [4.69, 9.17) is 9.47 Å². The van der Waals surface area contributed by atoms with Crippen LogP contribution in [0.25, 0.3) is 0 Å². The van der Waals surface area contributed by atoms with Crippen molar-refractivity contribution in [3.05, 3.63) is 59.2 Å². The summed E-state index contributed by atoms with van der Waals surface area (Å²) in [6.45, 7) is 0. The van der Waals surface area contributed by atoms with Crippen molar-refractivity contribution in [3.63, 3.8) is 0 Å². The first-order valence-corrected chi connectivity index (χ1v) is 8.59. The molecule has 124 valence electrons. The molecule has 3 heteroatoms. The maximum absolute atomic E-state index is 13.2. The van der Waals surface area contributed by atoms with Gasteiger partial charge in [-0.2, -0.15) is 0 Å². The molecule has 3 atom stereocenters. The molecule has 2 aliphatic rings. The monoisotopic (exact) mass is 322 g/mol. The quantitative estimate of drug-likeness (QED) is 0.830. The molecule has 24 heavy (non-hydrogen) atoms. The van der Waals surface area contributed by atoms with Crippen LogP contribution in [0.2, 0.25) is 0 Å². The first kappa shape index (κ1) is 15.3. The molecule has 2 aliphatic carbocycles. The molecular weight excluding hydrogens is 300 g/mol. The highest BCUT2D eigenvalue weighted by atomic mass is 16.5. The zero-order valence-corrected chi connectivity index (χ0v) is 14.1. The minimum absolute atomic E-state index is 0.0377. The minimum atomic E-state index is -0.0377. The van der Waals surface area contributed by atoms with Gasteiger partial charge in [0.15, 0.2) is 5.78 Å². The molecule has 3 nitrogen and oxygen atoms in total. The van der Waals surface area contributed by atoms with Crippen molar-refractivity contribution < 1.29 is 14.3 Å². The second-order valence-electron chi connectivity index (χ2n) is 6.77. The maximum Gasteiger partial charge on any atom is 0.170 e. The van der Waals surface area contributed by atoms with E-state index in [-0.39, 0.29) is 11.7 Å². The molecule has 0 aliphatic heterocycles. The normalized spacial score (nSPS) is 25.1. The van der Waals surface area contributed by atoms with E-state index < -0.39 is 0 Å². The highest BCUT2D eigenvalue weighted by molar-refractivity contribution is 6.04. The summed E-state index contributed by atoms with van der Waals surface area (Å²) in [5.74, 6) is 2.74. The summed E-state index contributed by atoms with van der Waals surface area (Å²) in [6, 6.07) is 13.9. The molecule has 2 aromatic carbocycles. The average Bonchev–Trinajstić information content (AvgIpc) is 3.11. The molecule has 0 N–H and O–H groups in total. The number of ketones is 1. The minimum Gasteiger partial charge on any atom is -0.497 e. The first-order chi connectivity index (χ1) is 11.7. The Bertz CT molecular complexity index is 763. The van der Waals surface area contributed by atoms with Crippen LogP contribution in [-0.2, 0) is 0 Å². The predicted molar refractivity (Wildman–Crippen MR) is 93.1 cm³/mol. The van der Waals surface area contributed by atoms with Crippen LogP contribution in [-0.4, -0.2) is 20.0 Å². The molecule has 0 aromatic heterocycles. The number of hydrogen-bond donors (Lipinski definition) is 0. The van der Waals surface area contributed by atoms with Gasteiger partial charge in [0.05, 0.1) is 20.1 Å². The van der Waals surface area contributed by atoms with Crippen LogP contribution in [0.5, 0.6) is 11.5 Å². The summed E-state index contributed by atoms with van der Waals surface area (Å²) in [4.78, 5) is 13.2. The molecule has 2 aromatic rings. The van der Waals surface area contributed by atoms with Crippen molar-refractivity contribution in [2.45, 2.75) is 31.1 Å². The van der Waals surface area contributed by atoms with Crippen LogP contribution in [0, 0.1) is 5.92 Å². The Labute approximate surface area is 142 Å². The van der Waals surface area contributed by atoms with E-state index in [0.29, 0.717) is 11.8 Å². The number of ether oxygens (including phenoxy) is 2. The number of fused-ring (bicyclic) bond motifs is 3. The molecule has 0 saturated heterocycles. The van der Waals surface area contributed by atoms with Crippen molar-refractivity contribution in [2.75, 3.05) is 14.2 Å². The number of methoxy groups -OCH3 is 2. The van der Waals surface area contributed by atoms with Crippen LogP contribution in [0.3, 0.4) is 0 Å². The van der Waals surface area contributed by atoms with E-state index in [1.807, 2.05) is 36.4 Å². The third-order valence-corrected chi connectivity index (χ3v) is 5.68. The zero-order valence-electron chi connectivity index (χ0n) is 14.1. The molecule has 1 fully saturated rings. The largest absolute Gasteiger partial charge is 0.497 e. The molecular formula is C21H22O3. The highest BCUT2D eigenvalue weighted by Crippen LogP contribution is 2.53. The number of hydrogen-bond acceptors (Lipinski definition) is 3. The van der Waals surface area contributed by atoms with Crippen LogP contribution in [0.1, 0.15) is 52.6 Å². The predicted octanol–water partition coefficient (Wildman–Crippen LogP) is 4.57. The van der Waals surface area contributed by atoms with Gasteiger partial charge in [-0.1, -0.05) is 18.6 Å². The Morgan fingerprint density at radius 3 is 2.33 bits per heavy atom. The molecule has 0 radical (unpaired) electrons. The highest BCUT2D eigenvalue weighted by Gasteiger charge is 2.45. The lowest BCUT2D eigenvalue weighted by Gasteiger charge is -2.35. The maximum atomic E-state index is 13.2. The molecule has 0 heterocycles. The number of carbonyl (C=O) groups is 1. The Kier molecular flexibility index (Phi) is 3.79. The van der Waals surface area contributed by atoms with E-state index in [1.165, 1.54) is 12.0 Å². The number of carbonyl (C=O) groups excluding carboxylic acids is 1. The van der Waals surface area contributed by atoms with Crippen molar-refractivity contribution in [1.29, 1.82) is 0 Å². The average molecular weight is 322 g/mol. The summed E-state index contributed by atoms with van der Waals surface area (Å²) in [5, 5.41) is 0. The summed E-state index contributed by atoms with van der Waals surface area (Å²) >= 11 is 0. The van der Waals surface area contributed by atoms with Crippen LogP contribution < -0.4 is 9.47 Å². The molecule has 4 rings (SSSR count). The van der Waals surface area contributed by atoms with E-state index in [0.717, 1.165) is 35.5 Å². The van der Waals surface area contributed by atoms with Gasteiger partial charge in [0.2, 0.25) is 0 Å². The lowest BCUT2D eigenvalue weighted by atomic mass is 9.67. The number of benzene rings is 2. The third kappa shape index (κ3) is 2.31. The van der Waals surface area contributed by atoms with E-state index in [2.05, 4.69) is 6.07 Å². The summed E-state index contributed by atoms with van der Waals surface area (Å²) in [7, 11) is 3.34. The smallest absolute Gasteiger partial charge is 0.170 e. The summed E-state index contributed by atoms with van der Waals surface area (Å²) in [6.07, 6.45) is 3.46. The lowest BCUT2D eigenvalue weighted by molar-refractivity contribution is 0.0907. The zero-order chi connectivity index (χ0) is 16.7. The van der Waals surface area contributed by atoms with Crippen molar-refractivity contribution in [2.24, 2.45) is 5.92 Å². The topological polar surface area (TPSA) is 35.5 Å². The van der Waals surface area contributed by atoms with Crippen LogP contribution in [0.4, 0.5) is 0 Å². The first-order valence-electron chi connectivity index (χ1n) is 8.59. The van der Waals surface area contributed by atoms with E-state index in [9.17, 15) is 4.79 Å². The number of Topliss-reactive ketones (excluding diaryl/α,β-unsaturated/α-hetero) is 1. The van der Waals surface area contributed by atoms with Gasteiger partial charge >= 0.3 is 0 Å². The van der Waals surface area contributed by atoms with Gasteiger partial charge in [0.25, 0.3) is 0 Å². The van der Waals surface area contributed by atoms with Gasteiger partial charge in [-0.15, -0.1) is 0 Å². The standard InChI is InChI=1S/C21H22O3/c1-23-14-8-6-13(7-9-14)20-17-5-3-4-16(17)19-12-15(24-2)10-11-18(19)21(20)22/h6-12,16-17,20H,3-5H2,1-2H3. The van der Waals surface area contributed by atoms with Gasteiger partial charge < -0.3 is 9.47 Å². The Morgan fingerprint density at radius 2 is 1.62 bits per heavy atom. The lowest BCUT2D eigenvalue weighted by Crippen LogP contribution is -2.30. The molecule has 0 amide bonds. The van der Waals surface area contributed by atoms with Crippen molar-refractivity contribution in [1.82, 2.24) is 0 Å². The molecule has 1 saturated carbocycles. The van der Waals surface area contributed by atoms with Gasteiger partial charge in [-0.25, -0.2) is 0 Å². The fraction of sp³-hybridized carbons (Fsp3) is 0.381. The van der Waals surface area contributed by atoms with Crippen molar-refractivity contribution >= 4 is 5.78 Å². The summed E-state index contributed by atoms with van der Waals surface area (Å²) < 4.78 is 10.6. The summed E-state index contributed by atoms with van der Waals surface area (Å²) in [5.41, 5.74) is 3.17. The van der Waals surface area contributed by atoms with Crippen molar-refractivity contribution in [3.8, 4) is 11.5 Å². The van der Waals surface area contributed by atoms with E-state index >= 15 is 0 Å². The van der Waals surface area contributed by atoms with Gasteiger partial charge in [-0.3, -0.25) is 4.79 Å². The fourth-order valence-corrected chi connectivity index (χ4v) is 4.54. The fourth-order valence-electron chi connectivity index (χ4n) is 4.54. The second-order valence-corrected chi connectivity index (χ2v) is 6.77. The second kappa shape index (κ2) is 5.97. The van der Waals surface area contributed by atoms with Crippen LogP contribution in [0.15, 0.2) is 42.5 Å². The Morgan fingerprint density at radius 1 is 0.917 bits per heavy atom. The molecule has 0 bridgehead atoms. The number of rotatable bonds is 3.